The van der Waals surface area contributed by atoms with Gasteiger partial charge in [0.2, 0.25) is 0 Å². The van der Waals surface area contributed by atoms with Gasteiger partial charge in [0.05, 0.1) is 4.34 Å². The molecule has 0 aliphatic carbocycles. The molecule has 2 nitrogen and oxygen atoms in total. The molecule has 4 heteroatoms. The molecule has 2 atom stereocenters. The van der Waals surface area contributed by atoms with Crippen LogP contribution in [0.15, 0.2) is 12.1 Å². The van der Waals surface area contributed by atoms with Gasteiger partial charge in [-0.15, -0.1) is 11.3 Å². The zero-order valence-electron chi connectivity index (χ0n) is 11.4. The molecule has 0 bridgehead atoms. The molecule has 1 aliphatic heterocycles. The summed E-state index contributed by atoms with van der Waals surface area (Å²) in [7, 11) is 0. The van der Waals surface area contributed by atoms with E-state index in [0.717, 1.165) is 24.0 Å². The van der Waals surface area contributed by atoms with Crippen LogP contribution < -0.4 is 5.32 Å². The molecular weight excluding hydrogens is 264 g/mol. The predicted molar refractivity (Wildman–Crippen MR) is 80.4 cm³/mol. The summed E-state index contributed by atoms with van der Waals surface area (Å²) in [6.45, 7) is 10.2. The van der Waals surface area contributed by atoms with Gasteiger partial charge in [0.25, 0.3) is 0 Å². The summed E-state index contributed by atoms with van der Waals surface area (Å²) >= 11 is 7.73. The van der Waals surface area contributed by atoms with Gasteiger partial charge in [0.15, 0.2) is 0 Å². The van der Waals surface area contributed by atoms with Gasteiger partial charge in [-0.3, -0.25) is 4.90 Å². The van der Waals surface area contributed by atoms with Crippen molar-refractivity contribution in [2.24, 2.45) is 5.92 Å². The lowest BCUT2D eigenvalue weighted by atomic mass is 9.97. The van der Waals surface area contributed by atoms with Crippen molar-refractivity contribution < 1.29 is 0 Å². The molecule has 1 saturated heterocycles. The molecule has 1 aliphatic rings. The highest BCUT2D eigenvalue weighted by Crippen LogP contribution is 2.25. The molecule has 2 heterocycles. The van der Waals surface area contributed by atoms with E-state index in [1.165, 1.54) is 11.3 Å². The van der Waals surface area contributed by atoms with Crippen molar-refractivity contribution in [2.45, 2.75) is 45.8 Å². The van der Waals surface area contributed by atoms with Gasteiger partial charge < -0.3 is 5.32 Å². The molecular formula is C14H23ClN2S. The number of nitrogens with zero attached hydrogens (tertiary/aromatic N) is 1. The van der Waals surface area contributed by atoms with Gasteiger partial charge in [-0.2, -0.15) is 0 Å². The van der Waals surface area contributed by atoms with E-state index in [-0.39, 0.29) is 0 Å². The van der Waals surface area contributed by atoms with E-state index in [1.807, 2.05) is 6.07 Å². The van der Waals surface area contributed by atoms with Gasteiger partial charge >= 0.3 is 0 Å². The van der Waals surface area contributed by atoms with Crippen LogP contribution in [0, 0.1) is 5.92 Å². The van der Waals surface area contributed by atoms with Crippen molar-refractivity contribution in [1.29, 1.82) is 0 Å². The fraction of sp³-hybridized carbons (Fsp3) is 0.714. The fourth-order valence-electron chi connectivity index (χ4n) is 2.65. The number of hydrogen-bond donors (Lipinski definition) is 1. The third kappa shape index (κ3) is 3.47. The van der Waals surface area contributed by atoms with E-state index in [9.17, 15) is 0 Å². The van der Waals surface area contributed by atoms with Gasteiger partial charge in [0, 0.05) is 36.6 Å². The summed E-state index contributed by atoms with van der Waals surface area (Å²) in [5, 5.41) is 3.66. The molecule has 1 N–H and O–H groups in total. The molecule has 2 unspecified atom stereocenters. The van der Waals surface area contributed by atoms with Crippen molar-refractivity contribution in [1.82, 2.24) is 10.2 Å². The summed E-state index contributed by atoms with van der Waals surface area (Å²) in [6.07, 6.45) is 1.20. The van der Waals surface area contributed by atoms with Crippen LogP contribution in [-0.4, -0.2) is 30.1 Å². The van der Waals surface area contributed by atoms with Crippen molar-refractivity contribution in [2.75, 3.05) is 13.1 Å². The number of halogens is 1. The number of rotatable bonds is 4. The lowest BCUT2D eigenvalue weighted by Crippen LogP contribution is -2.57. The maximum Gasteiger partial charge on any atom is 0.0931 e. The first-order valence-corrected chi connectivity index (χ1v) is 8.01. The molecule has 2 rings (SSSR count). The Labute approximate surface area is 119 Å². The second-order valence-corrected chi connectivity index (χ2v) is 7.26. The predicted octanol–water partition coefficient (Wildman–Crippen LogP) is 3.61. The minimum Gasteiger partial charge on any atom is -0.311 e. The molecule has 0 spiro atoms. The Hall–Kier alpha value is -0.0900. The molecule has 0 aromatic carbocycles. The Morgan fingerprint density at radius 3 is 2.83 bits per heavy atom. The Bertz CT molecular complexity index is 378. The average molecular weight is 287 g/mol. The Kier molecular flexibility index (Phi) is 5.07. The summed E-state index contributed by atoms with van der Waals surface area (Å²) in [5.74, 6) is 0.686. The number of piperazine rings is 1. The van der Waals surface area contributed by atoms with Gasteiger partial charge in [0.1, 0.15) is 0 Å². The van der Waals surface area contributed by atoms with Crippen LogP contribution in [0.1, 0.15) is 32.1 Å². The topological polar surface area (TPSA) is 15.3 Å². The first kappa shape index (κ1) is 14.3. The van der Waals surface area contributed by atoms with Crippen LogP contribution in [0.4, 0.5) is 0 Å². The van der Waals surface area contributed by atoms with E-state index in [0.29, 0.717) is 18.0 Å². The molecule has 0 amide bonds. The summed E-state index contributed by atoms with van der Waals surface area (Å²) in [4.78, 5) is 4.00. The smallest absolute Gasteiger partial charge is 0.0931 e. The largest absolute Gasteiger partial charge is 0.311 e. The van der Waals surface area contributed by atoms with E-state index in [4.69, 9.17) is 11.6 Å². The number of nitrogens with one attached hydrogen (secondary N) is 1. The summed E-state index contributed by atoms with van der Waals surface area (Å²) < 4.78 is 0.897. The standard InChI is InChI=1S/C14H23ClN2S/c1-4-11-8-17(13(7-16-11)10(2)3)9-12-5-6-14(15)18-12/h5-6,10-11,13,16H,4,7-9H2,1-3H3. The minimum absolute atomic E-state index is 0.633. The monoisotopic (exact) mass is 286 g/mol. The highest BCUT2D eigenvalue weighted by molar-refractivity contribution is 7.16. The Morgan fingerprint density at radius 2 is 2.28 bits per heavy atom. The molecule has 102 valence electrons. The van der Waals surface area contributed by atoms with E-state index in [1.54, 1.807) is 11.3 Å². The SMILES string of the molecule is CCC1CN(Cc2ccc(Cl)s2)C(C(C)C)CN1. The molecule has 18 heavy (non-hydrogen) atoms. The zero-order chi connectivity index (χ0) is 13.1. The lowest BCUT2D eigenvalue weighted by molar-refractivity contribution is 0.0910. The third-order valence-electron chi connectivity index (χ3n) is 3.79. The van der Waals surface area contributed by atoms with E-state index >= 15 is 0 Å². The van der Waals surface area contributed by atoms with Crippen LogP contribution in [0.2, 0.25) is 4.34 Å². The molecule has 1 aromatic rings. The second-order valence-electron chi connectivity index (χ2n) is 5.46. The van der Waals surface area contributed by atoms with Crippen molar-refractivity contribution >= 4 is 22.9 Å². The molecule has 1 fully saturated rings. The van der Waals surface area contributed by atoms with Crippen LogP contribution in [-0.2, 0) is 6.54 Å². The van der Waals surface area contributed by atoms with E-state index in [2.05, 4.69) is 37.1 Å². The van der Waals surface area contributed by atoms with Gasteiger partial charge in [-0.25, -0.2) is 0 Å². The van der Waals surface area contributed by atoms with E-state index < -0.39 is 0 Å². The quantitative estimate of drug-likeness (QED) is 0.910. The van der Waals surface area contributed by atoms with Crippen molar-refractivity contribution in [3.8, 4) is 0 Å². The third-order valence-corrected chi connectivity index (χ3v) is 5.01. The zero-order valence-corrected chi connectivity index (χ0v) is 13.0. The Balaban J connectivity index is 2.04. The first-order valence-electron chi connectivity index (χ1n) is 6.81. The molecule has 0 saturated carbocycles. The molecule has 1 aromatic heterocycles. The molecule has 0 radical (unpaired) electrons. The summed E-state index contributed by atoms with van der Waals surface area (Å²) in [5.41, 5.74) is 0. The maximum absolute atomic E-state index is 6.02. The average Bonchev–Trinajstić information content (AvgIpc) is 2.74. The van der Waals surface area contributed by atoms with Crippen LogP contribution in [0.5, 0.6) is 0 Å². The van der Waals surface area contributed by atoms with Crippen molar-refractivity contribution in [3.63, 3.8) is 0 Å². The van der Waals surface area contributed by atoms with Crippen LogP contribution in [0.25, 0.3) is 0 Å². The number of thiophene rings is 1. The van der Waals surface area contributed by atoms with Gasteiger partial charge in [-0.05, 0) is 24.5 Å². The lowest BCUT2D eigenvalue weighted by Gasteiger charge is -2.42. The van der Waals surface area contributed by atoms with Crippen LogP contribution in [0.3, 0.4) is 0 Å². The number of hydrogen-bond acceptors (Lipinski definition) is 3. The van der Waals surface area contributed by atoms with Crippen molar-refractivity contribution in [3.05, 3.63) is 21.3 Å². The highest BCUT2D eigenvalue weighted by Gasteiger charge is 2.29. The minimum atomic E-state index is 0.633. The summed E-state index contributed by atoms with van der Waals surface area (Å²) in [6, 6.07) is 5.43. The maximum atomic E-state index is 6.02. The first-order chi connectivity index (χ1) is 8.60. The normalized spacial score (nSPS) is 25.8. The van der Waals surface area contributed by atoms with Gasteiger partial charge in [-0.1, -0.05) is 32.4 Å². The Morgan fingerprint density at radius 1 is 1.50 bits per heavy atom. The van der Waals surface area contributed by atoms with Crippen LogP contribution >= 0.6 is 22.9 Å². The fourth-order valence-corrected chi connectivity index (χ4v) is 3.76. The highest BCUT2D eigenvalue weighted by atomic mass is 35.5. The second kappa shape index (κ2) is 6.38.